The van der Waals surface area contributed by atoms with Crippen LogP contribution in [0.4, 0.5) is 4.39 Å². The van der Waals surface area contributed by atoms with E-state index in [2.05, 4.69) is 41.1 Å². The molecular weight excluding hydrogens is 573 g/mol. The van der Waals surface area contributed by atoms with E-state index >= 15 is 0 Å². The number of rotatable bonds is 11. The summed E-state index contributed by atoms with van der Waals surface area (Å²) in [6.45, 7) is 4.25. The minimum absolute atomic E-state index is 0.0253. The molecule has 3 aromatic carbocycles. The standard InChI is InChI=1S/C33H29ClFN3O5/c1-21-8-9-22(2)38(21)25-10-12-26(13-11-25)41-20-27-14-15-30(43-27)33(39)37-36-18-23-16-28(34)32(31(17-23)40-3)42-19-24-6-4-5-7-29(24)35/h4-18H,19-20H2,1-3H3,(H,37,39)/b36-18+. The van der Waals surface area contributed by atoms with Gasteiger partial charge in [-0.3, -0.25) is 4.79 Å². The van der Waals surface area contributed by atoms with E-state index in [0.717, 1.165) is 17.1 Å². The van der Waals surface area contributed by atoms with Crippen LogP contribution in [-0.4, -0.2) is 23.8 Å². The molecule has 5 aromatic rings. The molecule has 0 aliphatic carbocycles. The number of nitrogens with one attached hydrogen (secondary N) is 1. The number of hydrazone groups is 1. The zero-order valence-corrected chi connectivity index (χ0v) is 24.5. The summed E-state index contributed by atoms with van der Waals surface area (Å²) in [7, 11) is 1.46. The van der Waals surface area contributed by atoms with E-state index in [1.807, 2.05) is 24.3 Å². The molecule has 43 heavy (non-hydrogen) atoms. The monoisotopic (exact) mass is 601 g/mol. The molecule has 2 heterocycles. The van der Waals surface area contributed by atoms with E-state index in [1.54, 1.807) is 42.5 Å². The Morgan fingerprint density at radius 3 is 2.44 bits per heavy atom. The molecule has 5 rings (SSSR count). The normalized spacial score (nSPS) is 11.1. The second-order valence-corrected chi connectivity index (χ2v) is 10.0. The van der Waals surface area contributed by atoms with Gasteiger partial charge in [0.2, 0.25) is 0 Å². The van der Waals surface area contributed by atoms with Gasteiger partial charge >= 0.3 is 5.91 Å². The molecule has 0 radical (unpaired) electrons. The van der Waals surface area contributed by atoms with Crippen LogP contribution in [0, 0.1) is 19.7 Å². The largest absolute Gasteiger partial charge is 0.493 e. The predicted molar refractivity (Wildman–Crippen MR) is 162 cm³/mol. The number of amides is 1. The van der Waals surface area contributed by atoms with Crippen LogP contribution in [0.2, 0.25) is 5.02 Å². The van der Waals surface area contributed by atoms with Gasteiger partial charge in [0, 0.05) is 22.6 Å². The summed E-state index contributed by atoms with van der Waals surface area (Å²) in [5, 5.41) is 4.23. The fourth-order valence-electron chi connectivity index (χ4n) is 4.44. The third kappa shape index (κ3) is 7.07. The number of aryl methyl sites for hydroxylation is 2. The zero-order chi connectivity index (χ0) is 30.3. The molecule has 0 saturated carbocycles. The molecular formula is C33H29ClFN3O5. The van der Waals surface area contributed by atoms with Crippen molar-refractivity contribution in [3.63, 3.8) is 0 Å². The third-order valence-electron chi connectivity index (χ3n) is 6.59. The Kier molecular flexibility index (Phi) is 9.12. The number of ether oxygens (including phenoxy) is 3. The van der Waals surface area contributed by atoms with Crippen LogP contribution in [0.1, 0.15) is 38.8 Å². The molecule has 0 aliphatic rings. The summed E-state index contributed by atoms with van der Waals surface area (Å²) in [5.74, 6) is 0.924. The maximum Gasteiger partial charge on any atom is 0.307 e. The van der Waals surface area contributed by atoms with Crippen molar-refractivity contribution in [1.82, 2.24) is 9.99 Å². The van der Waals surface area contributed by atoms with E-state index in [0.29, 0.717) is 28.4 Å². The second kappa shape index (κ2) is 13.3. The Balaban J connectivity index is 1.15. The number of aromatic nitrogens is 1. The fourth-order valence-corrected chi connectivity index (χ4v) is 4.71. The number of halogens is 2. The van der Waals surface area contributed by atoms with Crippen molar-refractivity contribution < 1.29 is 27.8 Å². The smallest absolute Gasteiger partial charge is 0.307 e. The molecule has 0 fully saturated rings. The average Bonchev–Trinajstić information content (AvgIpc) is 3.62. The van der Waals surface area contributed by atoms with Crippen molar-refractivity contribution in [2.45, 2.75) is 27.1 Å². The Bertz CT molecular complexity index is 1740. The van der Waals surface area contributed by atoms with Gasteiger partial charge in [-0.05, 0) is 86.1 Å². The lowest BCUT2D eigenvalue weighted by molar-refractivity contribution is 0.0923. The van der Waals surface area contributed by atoms with Gasteiger partial charge in [0.05, 0.1) is 18.3 Å². The third-order valence-corrected chi connectivity index (χ3v) is 6.87. The highest BCUT2D eigenvalue weighted by Crippen LogP contribution is 2.36. The summed E-state index contributed by atoms with van der Waals surface area (Å²) >= 11 is 6.40. The molecule has 0 atom stereocenters. The number of benzene rings is 3. The van der Waals surface area contributed by atoms with Crippen LogP contribution in [0.15, 0.2) is 94.4 Å². The number of nitrogens with zero attached hydrogens (tertiary/aromatic N) is 2. The first-order chi connectivity index (χ1) is 20.8. The quantitative estimate of drug-likeness (QED) is 0.126. The zero-order valence-electron chi connectivity index (χ0n) is 23.8. The van der Waals surface area contributed by atoms with E-state index in [-0.39, 0.29) is 35.6 Å². The highest BCUT2D eigenvalue weighted by Gasteiger charge is 2.14. The first kappa shape index (κ1) is 29.5. The van der Waals surface area contributed by atoms with Crippen molar-refractivity contribution in [2.24, 2.45) is 5.10 Å². The second-order valence-electron chi connectivity index (χ2n) is 9.61. The molecule has 8 nitrogen and oxygen atoms in total. The molecule has 220 valence electrons. The summed E-state index contributed by atoms with van der Waals surface area (Å²) in [4.78, 5) is 12.6. The van der Waals surface area contributed by atoms with Gasteiger partial charge in [-0.1, -0.05) is 29.8 Å². The van der Waals surface area contributed by atoms with Gasteiger partial charge in [0.15, 0.2) is 17.3 Å². The Hall–Kier alpha value is -5.02. The molecule has 1 amide bonds. The van der Waals surface area contributed by atoms with Crippen LogP contribution in [0.5, 0.6) is 17.2 Å². The molecule has 0 aliphatic heterocycles. The lowest BCUT2D eigenvalue weighted by atomic mass is 10.2. The summed E-state index contributed by atoms with van der Waals surface area (Å²) < 4.78 is 38.7. The maximum atomic E-state index is 13.9. The summed E-state index contributed by atoms with van der Waals surface area (Å²) in [5.41, 5.74) is 6.71. The number of carbonyl (C=O) groups is 1. The molecule has 0 saturated heterocycles. The van der Waals surface area contributed by atoms with E-state index in [4.69, 9.17) is 30.2 Å². The summed E-state index contributed by atoms with van der Waals surface area (Å²) in [6.07, 6.45) is 1.40. The highest BCUT2D eigenvalue weighted by molar-refractivity contribution is 6.32. The topological polar surface area (TPSA) is 87.2 Å². The van der Waals surface area contributed by atoms with Gasteiger partial charge < -0.3 is 23.2 Å². The SMILES string of the molecule is COc1cc(/C=N/NC(=O)c2ccc(COc3ccc(-n4c(C)ccc4C)cc3)o2)cc(Cl)c1OCc1ccccc1F. The lowest BCUT2D eigenvalue weighted by Crippen LogP contribution is -2.16. The molecule has 0 bridgehead atoms. The maximum absolute atomic E-state index is 13.9. The van der Waals surface area contributed by atoms with Crippen molar-refractivity contribution >= 4 is 23.7 Å². The Morgan fingerprint density at radius 2 is 1.72 bits per heavy atom. The van der Waals surface area contributed by atoms with Gasteiger partial charge in [0.25, 0.3) is 0 Å². The number of carbonyl (C=O) groups excluding carboxylic acids is 1. The summed E-state index contributed by atoms with van der Waals surface area (Å²) in [6, 6.07) is 24.7. The average molecular weight is 602 g/mol. The van der Waals surface area contributed by atoms with E-state index in [9.17, 15) is 9.18 Å². The Labute approximate surface area is 253 Å². The minimum atomic E-state index is -0.535. The number of furan rings is 1. The lowest BCUT2D eigenvalue weighted by Gasteiger charge is -2.13. The Morgan fingerprint density at radius 1 is 0.977 bits per heavy atom. The molecule has 10 heteroatoms. The van der Waals surface area contributed by atoms with Gasteiger partial charge in [0.1, 0.15) is 30.5 Å². The minimum Gasteiger partial charge on any atom is -0.493 e. The number of methoxy groups -OCH3 is 1. The fraction of sp³-hybridized carbons (Fsp3) is 0.152. The van der Waals surface area contributed by atoms with Crippen LogP contribution in [0.3, 0.4) is 0 Å². The van der Waals surface area contributed by atoms with Crippen molar-refractivity contribution in [3.8, 4) is 22.9 Å². The first-order valence-corrected chi connectivity index (χ1v) is 13.7. The van der Waals surface area contributed by atoms with Gasteiger partial charge in [-0.2, -0.15) is 5.10 Å². The van der Waals surface area contributed by atoms with Gasteiger partial charge in [-0.15, -0.1) is 0 Å². The van der Waals surface area contributed by atoms with E-state index < -0.39 is 5.91 Å². The van der Waals surface area contributed by atoms with Crippen LogP contribution in [-0.2, 0) is 13.2 Å². The number of hydrogen-bond donors (Lipinski definition) is 1. The van der Waals surface area contributed by atoms with Crippen LogP contribution in [0.25, 0.3) is 5.69 Å². The highest BCUT2D eigenvalue weighted by atomic mass is 35.5. The number of hydrogen-bond acceptors (Lipinski definition) is 6. The van der Waals surface area contributed by atoms with Gasteiger partial charge in [-0.25, -0.2) is 9.82 Å². The molecule has 0 spiro atoms. The van der Waals surface area contributed by atoms with Crippen molar-refractivity contribution in [1.29, 1.82) is 0 Å². The van der Waals surface area contributed by atoms with Crippen molar-refractivity contribution in [3.05, 3.63) is 130 Å². The molecule has 0 unspecified atom stereocenters. The van der Waals surface area contributed by atoms with Crippen LogP contribution >= 0.6 is 11.6 Å². The van der Waals surface area contributed by atoms with E-state index in [1.165, 1.54) is 19.4 Å². The molecule has 1 N–H and O–H groups in total. The predicted octanol–water partition coefficient (Wildman–Crippen LogP) is 7.41. The molecule has 2 aromatic heterocycles. The van der Waals surface area contributed by atoms with Crippen molar-refractivity contribution in [2.75, 3.05) is 7.11 Å². The first-order valence-electron chi connectivity index (χ1n) is 13.4. The van der Waals surface area contributed by atoms with Crippen LogP contribution < -0.4 is 19.6 Å².